The third kappa shape index (κ3) is 6.55. The predicted octanol–water partition coefficient (Wildman–Crippen LogP) is 0.855. The number of carbonyl (C=O) groups excluding carboxylic acids is 3. The first-order valence-electron chi connectivity index (χ1n) is 7.00. The van der Waals surface area contributed by atoms with Crippen molar-refractivity contribution in [3.8, 4) is 0 Å². The summed E-state index contributed by atoms with van der Waals surface area (Å²) in [7, 11) is 0. The van der Waals surface area contributed by atoms with Crippen LogP contribution in [0.25, 0.3) is 0 Å². The average molecular weight is 329 g/mol. The topological polar surface area (TPSA) is 118 Å². The van der Waals surface area contributed by atoms with Gasteiger partial charge in [-0.1, -0.05) is 0 Å². The van der Waals surface area contributed by atoms with Gasteiger partial charge in [-0.25, -0.2) is 4.79 Å². The molecule has 128 valence electrons. The van der Waals surface area contributed by atoms with Gasteiger partial charge < -0.3 is 18.9 Å². The fraction of sp³-hybridized carbons (Fsp3) is 0.643. The molecule has 0 atom stereocenters. The number of nitrogens with zero attached hydrogens (tertiary/aromatic N) is 1. The summed E-state index contributed by atoms with van der Waals surface area (Å²) in [6.45, 7) is 2.34. The van der Waals surface area contributed by atoms with Gasteiger partial charge in [-0.3, -0.25) is 9.59 Å². The van der Waals surface area contributed by atoms with E-state index >= 15 is 0 Å². The van der Waals surface area contributed by atoms with Crippen LogP contribution in [-0.2, 0) is 33.3 Å². The van der Waals surface area contributed by atoms with Gasteiger partial charge in [0.1, 0.15) is 13.2 Å². The lowest BCUT2D eigenvalue weighted by Crippen LogP contribution is -2.39. The van der Waals surface area contributed by atoms with Crippen molar-refractivity contribution in [2.24, 2.45) is 5.18 Å². The second-order valence-corrected chi connectivity index (χ2v) is 4.85. The molecule has 1 rings (SSSR count). The van der Waals surface area contributed by atoms with Gasteiger partial charge in [0.25, 0.3) is 0 Å². The lowest BCUT2D eigenvalue weighted by atomic mass is 10.1. The van der Waals surface area contributed by atoms with Gasteiger partial charge in [0.15, 0.2) is 0 Å². The monoisotopic (exact) mass is 329 g/mol. The summed E-state index contributed by atoms with van der Waals surface area (Å²) in [5, 5.41) is 2.91. The molecule has 0 aromatic carbocycles. The first kappa shape index (κ1) is 18.8. The molecule has 1 fully saturated rings. The van der Waals surface area contributed by atoms with Crippen molar-refractivity contribution >= 4 is 17.9 Å². The Bertz CT molecular complexity index is 493. The Hall–Kier alpha value is -2.29. The second-order valence-electron chi connectivity index (χ2n) is 4.85. The van der Waals surface area contributed by atoms with Crippen LogP contribution in [0, 0.1) is 4.91 Å². The first-order chi connectivity index (χ1) is 10.9. The molecule has 1 saturated heterocycles. The van der Waals surface area contributed by atoms with Crippen LogP contribution in [0.4, 0.5) is 0 Å². The Morgan fingerprint density at radius 3 is 2.26 bits per heavy atom. The lowest BCUT2D eigenvalue weighted by Gasteiger charge is -2.30. The van der Waals surface area contributed by atoms with Gasteiger partial charge in [-0.15, -0.1) is 4.91 Å². The summed E-state index contributed by atoms with van der Waals surface area (Å²) in [5.41, 5.74) is -1.54. The first-order valence-corrected chi connectivity index (χ1v) is 7.00. The van der Waals surface area contributed by atoms with Crippen LogP contribution in [0.15, 0.2) is 16.8 Å². The van der Waals surface area contributed by atoms with E-state index in [4.69, 9.17) is 18.9 Å². The number of hydrogen-bond donors (Lipinski definition) is 0. The van der Waals surface area contributed by atoms with E-state index in [0.29, 0.717) is 0 Å². The maximum Gasteiger partial charge on any atom is 0.339 e. The standard InChI is InChI=1S/C14H19NO8/c1-10(16)21-6-3-12(9-22-11(2)17)13(18)23-14(15-19)4-7-20-8-5-14/h3H,4-9H2,1-2H3. The Labute approximate surface area is 132 Å². The number of esters is 3. The van der Waals surface area contributed by atoms with Crippen LogP contribution in [0.5, 0.6) is 0 Å². The molecule has 9 heteroatoms. The fourth-order valence-corrected chi connectivity index (χ4v) is 1.78. The second kappa shape index (κ2) is 8.99. The maximum absolute atomic E-state index is 12.2. The van der Waals surface area contributed by atoms with Crippen molar-refractivity contribution in [1.29, 1.82) is 0 Å². The molecule has 0 aromatic rings. The quantitative estimate of drug-likeness (QED) is 0.292. The minimum atomic E-state index is -1.49. The Kier molecular flexibility index (Phi) is 7.33. The minimum absolute atomic E-state index is 0.0454. The van der Waals surface area contributed by atoms with Crippen LogP contribution in [0.2, 0.25) is 0 Å². The molecule has 0 radical (unpaired) electrons. The molecule has 9 nitrogen and oxygen atoms in total. The number of hydrogen-bond acceptors (Lipinski definition) is 9. The highest BCUT2D eigenvalue weighted by Gasteiger charge is 2.39. The van der Waals surface area contributed by atoms with Gasteiger partial charge in [-0.2, -0.15) is 0 Å². The molecule has 0 N–H and O–H groups in total. The van der Waals surface area contributed by atoms with Crippen LogP contribution in [0.1, 0.15) is 26.7 Å². The normalized spacial score (nSPS) is 17.0. The highest BCUT2D eigenvalue weighted by molar-refractivity contribution is 5.89. The van der Waals surface area contributed by atoms with E-state index in [1.165, 1.54) is 19.9 Å². The van der Waals surface area contributed by atoms with Crippen LogP contribution in [0.3, 0.4) is 0 Å². The van der Waals surface area contributed by atoms with Gasteiger partial charge in [0, 0.05) is 26.7 Å². The number of rotatable bonds is 7. The fourth-order valence-electron chi connectivity index (χ4n) is 1.78. The minimum Gasteiger partial charge on any atom is -0.462 e. The van der Waals surface area contributed by atoms with Gasteiger partial charge in [-0.05, 0) is 11.3 Å². The Morgan fingerprint density at radius 2 is 1.74 bits per heavy atom. The summed E-state index contributed by atoms with van der Waals surface area (Å²) >= 11 is 0. The van der Waals surface area contributed by atoms with E-state index in [1.807, 2.05) is 0 Å². The van der Waals surface area contributed by atoms with Gasteiger partial charge in [0.05, 0.1) is 18.8 Å². The molecule has 0 aromatic heterocycles. The van der Waals surface area contributed by atoms with E-state index in [-0.39, 0.29) is 44.8 Å². The smallest absolute Gasteiger partial charge is 0.339 e. The zero-order chi connectivity index (χ0) is 17.3. The molecule has 23 heavy (non-hydrogen) atoms. The highest BCUT2D eigenvalue weighted by atomic mass is 16.6. The van der Waals surface area contributed by atoms with Crippen molar-refractivity contribution < 1.29 is 33.3 Å². The third-order valence-corrected chi connectivity index (χ3v) is 3.03. The molecule has 0 amide bonds. The van der Waals surface area contributed by atoms with E-state index in [0.717, 1.165) is 0 Å². The van der Waals surface area contributed by atoms with Crippen LogP contribution >= 0.6 is 0 Å². The number of carbonyl (C=O) groups is 3. The van der Waals surface area contributed by atoms with Crippen molar-refractivity contribution in [3.05, 3.63) is 16.6 Å². The van der Waals surface area contributed by atoms with Crippen LogP contribution < -0.4 is 0 Å². The molecule has 1 heterocycles. The van der Waals surface area contributed by atoms with Gasteiger partial charge in [0.2, 0.25) is 5.72 Å². The molecule has 0 unspecified atom stereocenters. The Morgan fingerprint density at radius 1 is 1.13 bits per heavy atom. The van der Waals surface area contributed by atoms with Crippen molar-refractivity contribution in [3.63, 3.8) is 0 Å². The predicted molar refractivity (Wildman–Crippen MR) is 76.0 cm³/mol. The average Bonchev–Trinajstić information content (AvgIpc) is 2.50. The maximum atomic E-state index is 12.2. The summed E-state index contributed by atoms with van der Waals surface area (Å²) in [4.78, 5) is 44.9. The summed E-state index contributed by atoms with van der Waals surface area (Å²) in [6, 6.07) is 0. The summed E-state index contributed by atoms with van der Waals surface area (Å²) in [6.07, 6.45) is 1.55. The summed E-state index contributed by atoms with van der Waals surface area (Å²) in [5.74, 6) is -1.98. The van der Waals surface area contributed by atoms with E-state index in [2.05, 4.69) is 5.18 Å². The lowest BCUT2D eigenvalue weighted by molar-refractivity contribution is -0.164. The van der Waals surface area contributed by atoms with E-state index in [9.17, 15) is 19.3 Å². The molecule has 0 bridgehead atoms. The van der Waals surface area contributed by atoms with Gasteiger partial charge >= 0.3 is 17.9 Å². The largest absolute Gasteiger partial charge is 0.462 e. The van der Waals surface area contributed by atoms with E-state index in [1.54, 1.807) is 0 Å². The Balaban J connectivity index is 2.77. The van der Waals surface area contributed by atoms with Crippen molar-refractivity contribution in [2.75, 3.05) is 26.4 Å². The number of nitroso groups, excluding NO2 is 1. The van der Waals surface area contributed by atoms with Crippen LogP contribution in [-0.4, -0.2) is 50.1 Å². The zero-order valence-corrected chi connectivity index (χ0v) is 13.0. The molecule has 0 saturated carbocycles. The molecular weight excluding hydrogens is 310 g/mol. The zero-order valence-electron chi connectivity index (χ0n) is 13.0. The molecule has 0 spiro atoms. The molecule has 0 aliphatic carbocycles. The SMILES string of the molecule is CC(=O)OCC=C(COC(C)=O)C(=O)OC1(N=O)CCOCC1. The summed E-state index contributed by atoms with van der Waals surface area (Å²) < 4.78 is 19.7. The third-order valence-electron chi connectivity index (χ3n) is 3.03. The molecular formula is C14H19NO8. The molecule has 1 aliphatic heterocycles. The molecule has 1 aliphatic rings. The highest BCUT2D eigenvalue weighted by Crippen LogP contribution is 2.27. The van der Waals surface area contributed by atoms with Crippen molar-refractivity contribution in [1.82, 2.24) is 0 Å². The van der Waals surface area contributed by atoms with E-state index < -0.39 is 23.6 Å². The van der Waals surface area contributed by atoms with Crippen molar-refractivity contribution in [2.45, 2.75) is 32.4 Å². The number of ether oxygens (including phenoxy) is 4.